The fraction of sp³-hybridized carbons (Fsp3) is 0.174. The van der Waals surface area contributed by atoms with Crippen LogP contribution < -0.4 is 9.62 Å². The minimum atomic E-state index is -4.81. The average Bonchev–Trinajstić information content (AvgIpc) is 2.79. The van der Waals surface area contributed by atoms with Crippen LogP contribution in [0.15, 0.2) is 82.6 Å². The van der Waals surface area contributed by atoms with Crippen molar-refractivity contribution in [3.8, 4) is 0 Å². The summed E-state index contributed by atoms with van der Waals surface area (Å²) >= 11 is 7.19. The summed E-state index contributed by atoms with van der Waals surface area (Å²) in [6.07, 6.45) is -4.81. The number of benzene rings is 3. The molecule has 0 unspecified atom stereocenters. The molecule has 180 valence electrons. The van der Waals surface area contributed by atoms with Gasteiger partial charge in [0.05, 0.1) is 26.9 Å². The fourth-order valence-corrected chi connectivity index (χ4v) is 5.51. The summed E-state index contributed by atoms with van der Waals surface area (Å²) in [5.41, 5.74) is -1.07. The number of hydrogen-bond donors (Lipinski definition) is 1. The van der Waals surface area contributed by atoms with E-state index in [1.54, 1.807) is 30.3 Å². The van der Waals surface area contributed by atoms with E-state index in [-0.39, 0.29) is 10.6 Å². The number of halogens is 4. The molecule has 0 atom stereocenters. The minimum Gasteiger partial charge on any atom is -0.323 e. The fourth-order valence-electron chi connectivity index (χ4n) is 3.09. The Labute approximate surface area is 205 Å². The second kappa shape index (κ2) is 10.7. The molecule has 5 nitrogen and oxygen atoms in total. The first kappa shape index (κ1) is 25.9. The van der Waals surface area contributed by atoms with Gasteiger partial charge in [0.2, 0.25) is 5.91 Å². The number of carbonyl (C=O) groups is 1. The largest absolute Gasteiger partial charge is 0.417 e. The molecule has 0 aromatic heterocycles. The van der Waals surface area contributed by atoms with Gasteiger partial charge >= 0.3 is 6.18 Å². The molecule has 0 heterocycles. The molecule has 3 aromatic rings. The van der Waals surface area contributed by atoms with Crippen molar-refractivity contribution in [1.29, 1.82) is 0 Å². The number of nitrogens with one attached hydrogen (secondary N) is 1. The summed E-state index contributed by atoms with van der Waals surface area (Å²) in [7, 11) is -4.38. The van der Waals surface area contributed by atoms with E-state index in [0.717, 1.165) is 22.8 Å². The van der Waals surface area contributed by atoms with Gasteiger partial charge in [0.25, 0.3) is 10.0 Å². The lowest BCUT2D eigenvalue weighted by atomic mass is 10.2. The van der Waals surface area contributed by atoms with Gasteiger partial charge in [-0.1, -0.05) is 48.9 Å². The van der Waals surface area contributed by atoms with Crippen molar-refractivity contribution in [2.24, 2.45) is 0 Å². The van der Waals surface area contributed by atoms with E-state index < -0.39 is 39.2 Å². The van der Waals surface area contributed by atoms with Gasteiger partial charge in [-0.15, -0.1) is 11.8 Å². The Morgan fingerprint density at radius 1 is 1.03 bits per heavy atom. The lowest BCUT2D eigenvalue weighted by Gasteiger charge is -2.25. The van der Waals surface area contributed by atoms with E-state index in [1.807, 2.05) is 6.92 Å². The first-order chi connectivity index (χ1) is 16.0. The van der Waals surface area contributed by atoms with Gasteiger partial charge in [-0.25, -0.2) is 8.42 Å². The van der Waals surface area contributed by atoms with Crippen LogP contribution in [0, 0.1) is 0 Å². The molecule has 0 fully saturated rings. The van der Waals surface area contributed by atoms with E-state index in [9.17, 15) is 26.4 Å². The van der Waals surface area contributed by atoms with E-state index >= 15 is 0 Å². The monoisotopic (exact) mass is 528 g/mol. The molecule has 3 aromatic carbocycles. The van der Waals surface area contributed by atoms with Gasteiger partial charge in [-0.05, 0) is 48.2 Å². The predicted molar refractivity (Wildman–Crippen MR) is 129 cm³/mol. The van der Waals surface area contributed by atoms with Crippen molar-refractivity contribution < 1.29 is 26.4 Å². The van der Waals surface area contributed by atoms with Crippen LogP contribution in [0.4, 0.5) is 24.5 Å². The standard InChI is InChI=1S/C23H20ClF3N2O3S2/c1-2-33-21-11-7-6-10-20(21)28-22(30)15-29(34(31,32)17-8-4-3-5-9-17)16-12-13-19(24)18(14-16)23(25,26)27/h3-14H,2,15H2,1H3,(H,28,30). The Bertz CT molecular complexity index is 1270. The quantitative estimate of drug-likeness (QED) is 0.348. The number of hydrogen-bond acceptors (Lipinski definition) is 4. The van der Waals surface area contributed by atoms with Crippen LogP contribution in [-0.2, 0) is 21.0 Å². The number of thioether (sulfide) groups is 1. The summed E-state index contributed by atoms with van der Waals surface area (Å²) < 4.78 is 67.7. The first-order valence-corrected chi connectivity index (χ1v) is 12.8. The zero-order valence-electron chi connectivity index (χ0n) is 17.8. The van der Waals surface area contributed by atoms with Gasteiger partial charge in [-0.2, -0.15) is 13.2 Å². The van der Waals surface area contributed by atoms with Crippen molar-refractivity contribution in [2.75, 3.05) is 21.9 Å². The van der Waals surface area contributed by atoms with Crippen LogP contribution in [0.1, 0.15) is 12.5 Å². The third kappa shape index (κ3) is 6.05. The average molecular weight is 529 g/mol. The second-order valence-corrected chi connectivity index (χ2v) is 10.5. The zero-order chi connectivity index (χ0) is 24.9. The maximum Gasteiger partial charge on any atom is 0.417 e. The van der Waals surface area contributed by atoms with Crippen molar-refractivity contribution in [3.63, 3.8) is 0 Å². The number of alkyl halides is 3. The van der Waals surface area contributed by atoms with Crippen LogP contribution in [0.2, 0.25) is 5.02 Å². The van der Waals surface area contributed by atoms with Crippen molar-refractivity contribution in [1.82, 2.24) is 0 Å². The third-order valence-electron chi connectivity index (χ3n) is 4.62. The number of carbonyl (C=O) groups excluding carboxylic acids is 1. The summed E-state index contributed by atoms with van der Waals surface area (Å²) in [4.78, 5) is 13.5. The predicted octanol–water partition coefficient (Wildman–Crippen LogP) is 6.30. The molecule has 0 saturated heterocycles. The van der Waals surface area contributed by atoms with Crippen LogP contribution in [0.5, 0.6) is 0 Å². The minimum absolute atomic E-state index is 0.173. The molecule has 0 saturated carbocycles. The van der Waals surface area contributed by atoms with Crippen molar-refractivity contribution in [2.45, 2.75) is 22.9 Å². The molecule has 0 aliphatic heterocycles. The number of sulfonamides is 1. The van der Waals surface area contributed by atoms with E-state index in [1.165, 1.54) is 36.0 Å². The Kier molecular flexibility index (Phi) is 8.17. The van der Waals surface area contributed by atoms with Gasteiger partial charge in [0.1, 0.15) is 6.54 Å². The SMILES string of the molecule is CCSc1ccccc1NC(=O)CN(c1ccc(Cl)c(C(F)(F)F)c1)S(=O)(=O)c1ccccc1. The molecular formula is C23H20ClF3N2O3S2. The number of anilines is 2. The van der Waals surface area contributed by atoms with Gasteiger partial charge in [0.15, 0.2) is 0 Å². The molecule has 34 heavy (non-hydrogen) atoms. The lowest BCUT2D eigenvalue weighted by molar-refractivity contribution is -0.137. The first-order valence-electron chi connectivity index (χ1n) is 10.00. The van der Waals surface area contributed by atoms with Gasteiger partial charge in [-0.3, -0.25) is 9.10 Å². The maximum atomic E-state index is 13.4. The molecule has 0 spiro atoms. The van der Waals surface area contributed by atoms with Crippen molar-refractivity contribution in [3.05, 3.63) is 83.4 Å². The topological polar surface area (TPSA) is 66.5 Å². The Morgan fingerprint density at radius 2 is 1.68 bits per heavy atom. The number of para-hydroxylation sites is 1. The molecular weight excluding hydrogens is 509 g/mol. The van der Waals surface area contributed by atoms with Gasteiger partial charge in [0, 0.05) is 4.90 Å². The normalized spacial score (nSPS) is 11.8. The molecule has 11 heteroatoms. The Balaban J connectivity index is 2.03. The second-order valence-electron chi connectivity index (χ2n) is 6.96. The van der Waals surface area contributed by atoms with Crippen LogP contribution in [-0.4, -0.2) is 26.6 Å². The highest BCUT2D eigenvalue weighted by Gasteiger charge is 2.35. The van der Waals surface area contributed by atoms with Crippen molar-refractivity contribution >= 4 is 50.7 Å². The highest BCUT2D eigenvalue weighted by molar-refractivity contribution is 7.99. The smallest absolute Gasteiger partial charge is 0.323 e. The van der Waals surface area contributed by atoms with E-state index in [4.69, 9.17) is 11.6 Å². The van der Waals surface area contributed by atoms with E-state index in [2.05, 4.69) is 5.32 Å². The van der Waals surface area contributed by atoms with E-state index in [0.29, 0.717) is 16.1 Å². The van der Waals surface area contributed by atoms with Crippen LogP contribution in [0.3, 0.4) is 0 Å². The maximum absolute atomic E-state index is 13.4. The third-order valence-corrected chi connectivity index (χ3v) is 7.70. The molecule has 3 rings (SSSR count). The molecule has 0 radical (unpaired) electrons. The summed E-state index contributed by atoms with van der Waals surface area (Å²) in [6.45, 7) is 1.19. The van der Waals surface area contributed by atoms with Gasteiger partial charge < -0.3 is 5.32 Å². The Morgan fingerprint density at radius 3 is 2.32 bits per heavy atom. The number of nitrogens with zero attached hydrogens (tertiary/aromatic N) is 1. The summed E-state index contributed by atoms with van der Waals surface area (Å²) in [5, 5.41) is 2.08. The molecule has 1 amide bonds. The highest BCUT2D eigenvalue weighted by Crippen LogP contribution is 2.38. The summed E-state index contributed by atoms with van der Waals surface area (Å²) in [5.74, 6) is 0.0269. The highest BCUT2D eigenvalue weighted by atomic mass is 35.5. The molecule has 0 aliphatic rings. The number of amides is 1. The molecule has 0 aliphatic carbocycles. The Hall–Kier alpha value is -2.69. The van der Waals surface area contributed by atoms with Crippen LogP contribution in [0.25, 0.3) is 0 Å². The molecule has 0 bridgehead atoms. The lowest BCUT2D eigenvalue weighted by Crippen LogP contribution is -2.38. The zero-order valence-corrected chi connectivity index (χ0v) is 20.2. The summed E-state index contributed by atoms with van der Waals surface area (Å²) in [6, 6.07) is 16.8. The number of rotatable bonds is 8. The van der Waals surface area contributed by atoms with Crippen LogP contribution >= 0.6 is 23.4 Å². The molecule has 1 N–H and O–H groups in total.